The Morgan fingerprint density at radius 3 is 2.41 bits per heavy atom. The van der Waals surface area contributed by atoms with E-state index < -0.39 is 0 Å². The second-order valence-electron chi connectivity index (χ2n) is 6.94. The van der Waals surface area contributed by atoms with Crippen LogP contribution in [0.2, 0.25) is 5.02 Å². The number of amides is 1. The number of carbonyl (C=O) groups is 1. The maximum atomic E-state index is 13.0. The molecule has 0 spiro atoms. The van der Waals surface area contributed by atoms with Crippen LogP contribution in [-0.2, 0) is 7.05 Å². The molecule has 3 aromatic rings. The van der Waals surface area contributed by atoms with Crippen LogP contribution in [0.5, 0.6) is 5.75 Å². The number of halogens is 1. The van der Waals surface area contributed by atoms with Gasteiger partial charge in [0.2, 0.25) is 5.43 Å². The predicted octanol–water partition coefficient (Wildman–Crippen LogP) is 2.56. The van der Waals surface area contributed by atoms with Gasteiger partial charge in [-0.05, 0) is 42.5 Å². The summed E-state index contributed by atoms with van der Waals surface area (Å²) >= 11 is 6.04. The lowest BCUT2D eigenvalue weighted by atomic mass is 10.1. The Kier molecular flexibility index (Phi) is 5.15. The van der Waals surface area contributed by atoms with Crippen LogP contribution in [0.15, 0.2) is 47.3 Å². The van der Waals surface area contributed by atoms with Crippen molar-refractivity contribution in [2.45, 2.75) is 0 Å². The van der Waals surface area contributed by atoms with Gasteiger partial charge in [-0.15, -0.1) is 0 Å². The van der Waals surface area contributed by atoms with Crippen molar-refractivity contribution in [3.05, 3.63) is 63.4 Å². The second kappa shape index (κ2) is 7.75. The maximum absolute atomic E-state index is 13.0. The number of anilines is 1. The van der Waals surface area contributed by atoms with Gasteiger partial charge in [-0.1, -0.05) is 11.6 Å². The molecule has 1 saturated heterocycles. The molecular formula is C21H21ClN4O3. The van der Waals surface area contributed by atoms with Crippen molar-refractivity contribution >= 4 is 34.1 Å². The van der Waals surface area contributed by atoms with Gasteiger partial charge < -0.3 is 14.5 Å². The third kappa shape index (κ3) is 3.65. The molecule has 8 heteroatoms. The minimum absolute atomic E-state index is 0.0693. The van der Waals surface area contributed by atoms with Crippen LogP contribution < -0.4 is 15.1 Å². The van der Waals surface area contributed by atoms with Gasteiger partial charge >= 0.3 is 0 Å². The van der Waals surface area contributed by atoms with E-state index in [2.05, 4.69) is 10.00 Å². The first-order chi connectivity index (χ1) is 14.0. The summed E-state index contributed by atoms with van der Waals surface area (Å²) in [6.45, 7) is 2.39. The summed E-state index contributed by atoms with van der Waals surface area (Å²) < 4.78 is 6.74. The highest BCUT2D eigenvalue weighted by molar-refractivity contribution is 6.31. The van der Waals surface area contributed by atoms with E-state index in [9.17, 15) is 9.59 Å². The topological polar surface area (TPSA) is 67.7 Å². The molecule has 1 aliphatic rings. The van der Waals surface area contributed by atoms with Crippen LogP contribution in [-0.4, -0.2) is 53.9 Å². The highest BCUT2D eigenvalue weighted by Gasteiger charge is 2.26. The highest BCUT2D eigenvalue weighted by atomic mass is 35.5. The van der Waals surface area contributed by atoms with E-state index in [-0.39, 0.29) is 17.0 Å². The average Bonchev–Trinajstić information content (AvgIpc) is 2.76. The van der Waals surface area contributed by atoms with Gasteiger partial charge in [0.1, 0.15) is 5.75 Å². The number of fused-ring (bicyclic) bond motifs is 1. The number of aryl methyl sites for hydroxylation is 1. The fourth-order valence-electron chi connectivity index (χ4n) is 3.60. The number of piperazine rings is 1. The van der Waals surface area contributed by atoms with Crippen molar-refractivity contribution in [2.75, 3.05) is 38.2 Å². The number of nitrogens with zero attached hydrogens (tertiary/aromatic N) is 4. The van der Waals surface area contributed by atoms with Crippen molar-refractivity contribution in [1.82, 2.24) is 14.7 Å². The van der Waals surface area contributed by atoms with Crippen LogP contribution >= 0.6 is 11.6 Å². The Labute approximate surface area is 173 Å². The van der Waals surface area contributed by atoms with E-state index in [1.165, 1.54) is 0 Å². The summed E-state index contributed by atoms with van der Waals surface area (Å²) in [6, 6.07) is 12.8. The van der Waals surface area contributed by atoms with Crippen LogP contribution in [0.4, 0.5) is 5.69 Å². The van der Waals surface area contributed by atoms with E-state index >= 15 is 0 Å². The minimum Gasteiger partial charge on any atom is -0.497 e. The molecule has 0 atom stereocenters. The average molecular weight is 413 g/mol. The molecule has 1 fully saturated rings. The molecular weight excluding hydrogens is 392 g/mol. The highest BCUT2D eigenvalue weighted by Crippen LogP contribution is 2.21. The van der Waals surface area contributed by atoms with Crippen molar-refractivity contribution in [2.24, 2.45) is 7.05 Å². The Bertz CT molecular complexity index is 1120. The SMILES string of the molecule is COc1ccc(N2CCN(C(=O)c3nn(C)c4ccc(Cl)cc4c3=O)CC2)cc1. The van der Waals surface area contributed by atoms with Gasteiger partial charge in [-0.3, -0.25) is 14.3 Å². The van der Waals surface area contributed by atoms with E-state index in [1.54, 1.807) is 41.9 Å². The second-order valence-corrected chi connectivity index (χ2v) is 7.38. The minimum atomic E-state index is -0.386. The van der Waals surface area contributed by atoms with E-state index in [1.807, 2.05) is 24.3 Å². The first kappa shape index (κ1) is 19.3. The molecule has 150 valence electrons. The molecule has 0 bridgehead atoms. The molecule has 0 aliphatic carbocycles. The smallest absolute Gasteiger partial charge is 0.278 e. The van der Waals surface area contributed by atoms with Crippen molar-refractivity contribution in [1.29, 1.82) is 0 Å². The quantitative estimate of drug-likeness (QED) is 0.661. The lowest BCUT2D eigenvalue weighted by molar-refractivity contribution is 0.0737. The monoisotopic (exact) mass is 412 g/mol. The van der Waals surface area contributed by atoms with Crippen LogP contribution in [0.3, 0.4) is 0 Å². The summed E-state index contributed by atoms with van der Waals surface area (Å²) in [5.41, 5.74) is 1.26. The zero-order valence-corrected chi connectivity index (χ0v) is 17.0. The van der Waals surface area contributed by atoms with E-state index in [4.69, 9.17) is 16.3 Å². The first-order valence-electron chi connectivity index (χ1n) is 9.33. The summed E-state index contributed by atoms with van der Waals surface area (Å²) in [7, 11) is 3.35. The summed E-state index contributed by atoms with van der Waals surface area (Å²) in [4.78, 5) is 29.8. The fraction of sp³-hybridized carbons (Fsp3) is 0.286. The van der Waals surface area contributed by atoms with Gasteiger partial charge in [0.15, 0.2) is 5.69 Å². The van der Waals surface area contributed by atoms with Gasteiger partial charge in [0.25, 0.3) is 5.91 Å². The normalized spacial score (nSPS) is 14.3. The largest absolute Gasteiger partial charge is 0.497 e. The Hall–Kier alpha value is -3.06. The number of ether oxygens (including phenoxy) is 1. The van der Waals surface area contributed by atoms with E-state index in [0.29, 0.717) is 42.1 Å². The molecule has 2 aromatic carbocycles. The van der Waals surface area contributed by atoms with Gasteiger partial charge in [-0.2, -0.15) is 5.10 Å². The third-order valence-corrected chi connectivity index (χ3v) is 5.46. The number of rotatable bonds is 3. The Balaban J connectivity index is 1.54. The Morgan fingerprint density at radius 1 is 1.07 bits per heavy atom. The molecule has 7 nitrogen and oxygen atoms in total. The Morgan fingerprint density at radius 2 is 1.76 bits per heavy atom. The summed E-state index contributed by atoms with van der Waals surface area (Å²) in [5, 5.41) is 5.09. The molecule has 0 saturated carbocycles. The molecule has 0 unspecified atom stereocenters. The lowest BCUT2D eigenvalue weighted by Gasteiger charge is -2.36. The third-order valence-electron chi connectivity index (χ3n) is 5.22. The van der Waals surface area contributed by atoms with Gasteiger partial charge in [0.05, 0.1) is 18.0 Å². The molecule has 0 radical (unpaired) electrons. The zero-order chi connectivity index (χ0) is 20.5. The molecule has 2 heterocycles. The van der Waals surface area contributed by atoms with Gasteiger partial charge in [0, 0.05) is 43.9 Å². The fourth-order valence-corrected chi connectivity index (χ4v) is 3.77. The first-order valence-corrected chi connectivity index (χ1v) is 9.70. The number of hydrogen-bond donors (Lipinski definition) is 0. The van der Waals surface area contributed by atoms with Crippen molar-refractivity contribution in [3.8, 4) is 5.75 Å². The van der Waals surface area contributed by atoms with Crippen LogP contribution in [0.25, 0.3) is 10.9 Å². The molecule has 4 rings (SSSR count). The standard InChI is InChI=1S/C21H21ClN4O3/c1-24-18-8-3-14(22)13-17(18)20(27)19(23-24)21(28)26-11-9-25(10-12-26)15-4-6-16(29-2)7-5-15/h3-8,13H,9-12H2,1-2H3. The van der Waals surface area contributed by atoms with Crippen molar-refractivity contribution in [3.63, 3.8) is 0 Å². The molecule has 0 N–H and O–H groups in total. The maximum Gasteiger partial charge on any atom is 0.278 e. The van der Waals surface area contributed by atoms with Crippen molar-refractivity contribution < 1.29 is 9.53 Å². The van der Waals surface area contributed by atoms with Crippen LogP contribution in [0.1, 0.15) is 10.5 Å². The molecule has 29 heavy (non-hydrogen) atoms. The lowest BCUT2D eigenvalue weighted by Crippen LogP contribution is -2.50. The number of hydrogen-bond acceptors (Lipinski definition) is 5. The molecule has 1 aliphatic heterocycles. The summed E-state index contributed by atoms with van der Waals surface area (Å²) in [5.74, 6) is 0.461. The molecule has 1 aromatic heterocycles. The number of methoxy groups -OCH3 is 1. The molecule has 1 amide bonds. The number of benzene rings is 2. The van der Waals surface area contributed by atoms with Crippen LogP contribution in [0, 0.1) is 0 Å². The van der Waals surface area contributed by atoms with Gasteiger partial charge in [-0.25, -0.2) is 0 Å². The number of aromatic nitrogens is 2. The zero-order valence-electron chi connectivity index (χ0n) is 16.3. The summed E-state index contributed by atoms with van der Waals surface area (Å²) in [6.07, 6.45) is 0. The van der Waals surface area contributed by atoms with E-state index in [0.717, 1.165) is 11.4 Å². The number of carbonyl (C=O) groups excluding carboxylic acids is 1. The predicted molar refractivity (Wildman–Crippen MR) is 113 cm³/mol.